The van der Waals surface area contributed by atoms with Crippen LogP contribution in [0.15, 0.2) is 17.4 Å². The molecule has 0 radical (unpaired) electrons. The number of carbonyl (C=O) groups is 1. The van der Waals surface area contributed by atoms with Crippen molar-refractivity contribution in [1.29, 1.82) is 0 Å². The Balaban J connectivity index is 4.08. The average Bonchev–Trinajstić information content (AvgIpc) is 2.27. The molecule has 0 spiro atoms. The van der Waals surface area contributed by atoms with Crippen LogP contribution in [0.25, 0.3) is 0 Å². The van der Waals surface area contributed by atoms with Crippen molar-refractivity contribution in [3.63, 3.8) is 0 Å². The zero-order chi connectivity index (χ0) is 14.2. The minimum atomic E-state index is -1.10. The van der Waals surface area contributed by atoms with Gasteiger partial charge in [-0.3, -0.25) is 0 Å². The highest BCUT2D eigenvalue weighted by molar-refractivity contribution is 6.76. The highest BCUT2D eigenvalue weighted by Gasteiger charge is 2.16. The average molecular weight is 272 g/mol. The summed E-state index contributed by atoms with van der Waals surface area (Å²) >= 11 is 0. The molecule has 5 nitrogen and oxygen atoms in total. The minimum Gasteiger partial charge on any atom is -0.461 e. The lowest BCUT2D eigenvalue weighted by atomic mass is 10.5. The van der Waals surface area contributed by atoms with E-state index < -0.39 is 14.0 Å². The van der Waals surface area contributed by atoms with Crippen LogP contribution in [0.4, 0.5) is 0 Å². The Labute approximate surface area is 110 Å². The third-order valence-corrected chi connectivity index (χ3v) is 3.91. The quantitative estimate of drug-likeness (QED) is 0.123. The van der Waals surface area contributed by atoms with Gasteiger partial charge in [0.25, 0.3) is 0 Å². The molecule has 0 aromatic heterocycles. The summed E-state index contributed by atoms with van der Waals surface area (Å²) in [5, 5.41) is 5.00. The van der Waals surface area contributed by atoms with Gasteiger partial charge in [-0.25, -0.2) is 9.80 Å². The van der Waals surface area contributed by atoms with Crippen molar-refractivity contribution in [1.82, 2.24) is 5.01 Å². The second kappa shape index (κ2) is 8.05. The third kappa shape index (κ3) is 7.23. The lowest BCUT2D eigenvalue weighted by Gasteiger charge is -2.21. The predicted octanol–water partition coefficient (Wildman–Crippen LogP) is 2.29. The molecule has 0 aromatic rings. The Morgan fingerprint density at radius 3 is 2.44 bits per heavy atom. The normalized spacial score (nSPS) is 10.9. The smallest absolute Gasteiger partial charge is 0.356 e. The van der Waals surface area contributed by atoms with Crippen molar-refractivity contribution in [3.05, 3.63) is 12.3 Å². The van der Waals surface area contributed by atoms with E-state index in [1.165, 1.54) is 5.01 Å². The molecule has 6 heteroatoms. The van der Waals surface area contributed by atoms with Crippen LogP contribution in [0.2, 0.25) is 25.7 Å². The van der Waals surface area contributed by atoms with E-state index >= 15 is 0 Å². The van der Waals surface area contributed by atoms with Gasteiger partial charge in [0, 0.05) is 21.4 Å². The largest absolute Gasteiger partial charge is 0.461 e. The summed E-state index contributed by atoms with van der Waals surface area (Å²) in [4.78, 5) is 11.4. The van der Waals surface area contributed by atoms with Gasteiger partial charge in [-0.05, 0) is 13.0 Å². The van der Waals surface area contributed by atoms with Crippen LogP contribution >= 0.6 is 0 Å². The zero-order valence-corrected chi connectivity index (χ0v) is 12.9. The molecule has 0 rings (SSSR count). The summed E-state index contributed by atoms with van der Waals surface area (Å²) in [6.45, 7) is 16.7. The van der Waals surface area contributed by atoms with E-state index in [1.54, 1.807) is 6.92 Å². The highest BCUT2D eigenvalue weighted by Crippen LogP contribution is 2.09. The van der Waals surface area contributed by atoms with Crippen molar-refractivity contribution in [2.75, 3.05) is 19.9 Å². The van der Waals surface area contributed by atoms with Gasteiger partial charge in [-0.15, -0.1) is 0 Å². The van der Waals surface area contributed by atoms with Crippen LogP contribution in [-0.2, 0) is 14.3 Å². The predicted molar refractivity (Wildman–Crippen MR) is 76.1 cm³/mol. The maximum atomic E-state index is 11.4. The Kier molecular flexibility index (Phi) is 7.53. The number of hydrazone groups is 1. The first kappa shape index (κ1) is 16.9. The van der Waals surface area contributed by atoms with Gasteiger partial charge in [-0.2, -0.15) is 5.10 Å². The van der Waals surface area contributed by atoms with Crippen LogP contribution < -0.4 is 0 Å². The summed E-state index contributed by atoms with van der Waals surface area (Å²) in [6.07, 6.45) is 0. The number of rotatable bonds is 9. The van der Waals surface area contributed by atoms with Crippen LogP contribution in [0.5, 0.6) is 0 Å². The maximum Gasteiger partial charge on any atom is 0.356 e. The summed E-state index contributed by atoms with van der Waals surface area (Å²) < 4.78 is 10.3. The molecule has 104 valence electrons. The summed E-state index contributed by atoms with van der Waals surface area (Å²) in [5.74, 6) is -0.501. The van der Waals surface area contributed by atoms with Crippen molar-refractivity contribution in [2.24, 2.45) is 5.10 Å². The van der Waals surface area contributed by atoms with E-state index in [0.717, 1.165) is 6.04 Å². The van der Waals surface area contributed by atoms with Crippen LogP contribution in [-0.4, -0.2) is 45.7 Å². The molecule has 0 heterocycles. The van der Waals surface area contributed by atoms with E-state index in [1.807, 2.05) is 0 Å². The number of carbonyl (C=O) groups excluding carboxylic acids is 1. The van der Waals surface area contributed by atoms with Crippen molar-refractivity contribution >= 4 is 20.8 Å². The minimum absolute atomic E-state index is 0.139. The van der Waals surface area contributed by atoms with Crippen LogP contribution in [0.3, 0.4) is 0 Å². The zero-order valence-electron chi connectivity index (χ0n) is 11.9. The molecule has 0 fully saturated rings. The molecule has 0 saturated carbocycles. The molecule has 18 heavy (non-hydrogen) atoms. The fourth-order valence-corrected chi connectivity index (χ4v) is 1.81. The summed E-state index contributed by atoms with van der Waals surface area (Å²) in [7, 11) is -1.10. The van der Waals surface area contributed by atoms with E-state index in [4.69, 9.17) is 9.47 Å². The molecule has 0 unspecified atom stereocenters. The molecule has 0 N–H and O–H groups in total. The summed E-state index contributed by atoms with van der Waals surface area (Å²) in [5.41, 5.74) is 0.139. The van der Waals surface area contributed by atoms with E-state index in [-0.39, 0.29) is 12.4 Å². The monoisotopic (exact) mass is 272 g/mol. The van der Waals surface area contributed by atoms with Crippen molar-refractivity contribution < 1.29 is 14.3 Å². The molecular formula is C12H24N2O3Si. The van der Waals surface area contributed by atoms with Crippen LogP contribution in [0, 0.1) is 0 Å². The second-order valence-electron chi connectivity index (χ2n) is 5.06. The second-order valence-corrected chi connectivity index (χ2v) is 10.7. The van der Waals surface area contributed by atoms with Gasteiger partial charge >= 0.3 is 5.97 Å². The molecule has 0 aromatic carbocycles. The number of hydrogen-bond acceptors (Lipinski definition) is 5. The molecule has 0 aliphatic heterocycles. The van der Waals surface area contributed by atoms with Gasteiger partial charge in [-0.1, -0.05) is 26.2 Å². The SMILES string of the molecule is C=NN(COCC[Si](C)(C)C)C(=C)C(=O)OCC. The fraction of sp³-hybridized carbons (Fsp3) is 0.667. The van der Waals surface area contributed by atoms with E-state index in [2.05, 4.69) is 38.0 Å². The van der Waals surface area contributed by atoms with Gasteiger partial charge in [0.15, 0.2) is 0 Å². The molecule has 0 bridgehead atoms. The number of ether oxygens (including phenoxy) is 2. The van der Waals surface area contributed by atoms with Crippen molar-refractivity contribution in [2.45, 2.75) is 32.6 Å². The molecule has 0 atom stereocenters. The van der Waals surface area contributed by atoms with E-state index in [0.29, 0.717) is 13.2 Å². The first-order chi connectivity index (χ1) is 8.31. The Morgan fingerprint density at radius 2 is 2.00 bits per heavy atom. The van der Waals surface area contributed by atoms with Crippen molar-refractivity contribution in [3.8, 4) is 0 Å². The third-order valence-electron chi connectivity index (χ3n) is 2.20. The lowest BCUT2D eigenvalue weighted by Crippen LogP contribution is -2.28. The molecule has 0 aliphatic rings. The molecule has 0 saturated heterocycles. The molecular weight excluding hydrogens is 248 g/mol. The van der Waals surface area contributed by atoms with Gasteiger partial charge in [0.2, 0.25) is 0 Å². The first-order valence-corrected chi connectivity index (χ1v) is 9.70. The Bertz CT molecular complexity index is 300. The first-order valence-electron chi connectivity index (χ1n) is 5.99. The summed E-state index contributed by atoms with van der Waals surface area (Å²) in [6, 6.07) is 1.06. The highest BCUT2D eigenvalue weighted by atomic mass is 28.3. The van der Waals surface area contributed by atoms with Gasteiger partial charge in [0.05, 0.1) is 6.61 Å². The topological polar surface area (TPSA) is 51.1 Å². The maximum absolute atomic E-state index is 11.4. The lowest BCUT2D eigenvalue weighted by molar-refractivity contribution is -0.141. The van der Waals surface area contributed by atoms with Gasteiger partial charge in [0.1, 0.15) is 12.4 Å². The van der Waals surface area contributed by atoms with Gasteiger partial charge < -0.3 is 9.47 Å². The standard InChI is InChI=1S/C12H24N2O3Si/c1-7-17-12(15)11(2)14(13-3)10-16-8-9-18(4,5)6/h2-3,7-10H2,1,4-6H3. The molecule has 0 amide bonds. The van der Waals surface area contributed by atoms with E-state index in [9.17, 15) is 4.79 Å². The fourth-order valence-electron chi connectivity index (χ4n) is 1.05. The number of nitrogens with zero attached hydrogens (tertiary/aromatic N) is 2. The molecule has 0 aliphatic carbocycles. The number of hydrogen-bond donors (Lipinski definition) is 0. The Hall–Kier alpha value is -1.14. The number of esters is 1. The van der Waals surface area contributed by atoms with Crippen LogP contribution in [0.1, 0.15) is 6.92 Å². The Morgan fingerprint density at radius 1 is 1.39 bits per heavy atom.